The van der Waals surface area contributed by atoms with Gasteiger partial charge < -0.3 is 14.0 Å². The molecule has 5 nitrogen and oxygen atoms in total. The van der Waals surface area contributed by atoms with E-state index in [2.05, 4.69) is 28.6 Å². The van der Waals surface area contributed by atoms with Crippen LogP contribution in [0.15, 0.2) is 18.2 Å². The molecular weight excluding hydrogens is 302 g/mol. The van der Waals surface area contributed by atoms with E-state index in [9.17, 15) is 0 Å². The molecule has 3 rings (SSSR count). The molecule has 0 bridgehead atoms. The van der Waals surface area contributed by atoms with Crippen LogP contribution in [0.3, 0.4) is 0 Å². The zero-order valence-corrected chi connectivity index (χ0v) is 15.1. The molecule has 0 atom stereocenters. The molecule has 126 valence electrons. The Labute approximate surface area is 142 Å². The standard InChI is InChI=1S/C19H23N3O2/c1-7-24-17-10-15(23-6)8-9-16(17)22-13(4)18-11(2)20-21-12(3)19(18)14(22)5/h8-10H,7H2,1-6H3. The van der Waals surface area contributed by atoms with Crippen LogP contribution in [0.5, 0.6) is 11.5 Å². The van der Waals surface area contributed by atoms with Crippen LogP contribution < -0.4 is 9.47 Å². The van der Waals surface area contributed by atoms with Crippen LogP contribution in [0.25, 0.3) is 16.5 Å². The van der Waals surface area contributed by atoms with E-state index in [1.165, 1.54) is 10.8 Å². The van der Waals surface area contributed by atoms with Crippen LogP contribution in [0.1, 0.15) is 29.7 Å². The third-order valence-electron chi connectivity index (χ3n) is 4.43. The van der Waals surface area contributed by atoms with Gasteiger partial charge in [0.25, 0.3) is 0 Å². The summed E-state index contributed by atoms with van der Waals surface area (Å²) in [4.78, 5) is 0. The molecule has 2 heterocycles. The van der Waals surface area contributed by atoms with E-state index in [0.29, 0.717) is 6.61 Å². The topological polar surface area (TPSA) is 49.2 Å². The number of fused-ring (bicyclic) bond motifs is 1. The number of benzene rings is 1. The highest BCUT2D eigenvalue weighted by Crippen LogP contribution is 2.36. The number of rotatable bonds is 4. The summed E-state index contributed by atoms with van der Waals surface area (Å²) >= 11 is 0. The molecule has 24 heavy (non-hydrogen) atoms. The number of hydrogen-bond acceptors (Lipinski definition) is 4. The third-order valence-corrected chi connectivity index (χ3v) is 4.43. The fraction of sp³-hybridized carbons (Fsp3) is 0.368. The molecule has 0 aliphatic heterocycles. The van der Waals surface area contributed by atoms with Crippen molar-refractivity contribution in [3.63, 3.8) is 0 Å². The second-order valence-electron chi connectivity index (χ2n) is 5.89. The van der Waals surface area contributed by atoms with Crippen LogP contribution in [0.4, 0.5) is 0 Å². The van der Waals surface area contributed by atoms with Crippen LogP contribution >= 0.6 is 0 Å². The molecule has 3 aromatic rings. The second kappa shape index (κ2) is 6.15. The van der Waals surface area contributed by atoms with Gasteiger partial charge in [-0.3, -0.25) is 0 Å². The third kappa shape index (κ3) is 2.40. The van der Waals surface area contributed by atoms with Crippen molar-refractivity contribution in [1.82, 2.24) is 14.8 Å². The minimum Gasteiger partial charge on any atom is -0.497 e. The zero-order valence-electron chi connectivity index (χ0n) is 15.1. The fourth-order valence-electron chi connectivity index (χ4n) is 3.41. The Morgan fingerprint density at radius 1 is 0.958 bits per heavy atom. The van der Waals surface area contributed by atoms with Crippen molar-refractivity contribution < 1.29 is 9.47 Å². The van der Waals surface area contributed by atoms with E-state index in [1.54, 1.807) is 7.11 Å². The van der Waals surface area contributed by atoms with Gasteiger partial charge in [0, 0.05) is 28.2 Å². The number of aryl methyl sites for hydroxylation is 4. The molecule has 0 saturated carbocycles. The molecule has 0 spiro atoms. The first-order valence-corrected chi connectivity index (χ1v) is 8.12. The van der Waals surface area contributed by atoms with Crippen LogP contribution in [0.2, 0.25) is 0 Å². The normalized spacial score (nSPS) is 11.1. The van der Waals surface area contributed by atoms with Gasteiger partial charge in [-0.15, -0.1) is 0 Å². The van der Waals surface area contributed by atoms with E-state index >= 15 is 0 Å². The van der Waals surface area contributed by atoms with Gasteiger partial charge in [-0.25, -0.2) is 0 Å². The van der Waals surface area contributed by atoms with Crippen molar-refractivity contribution in [1.29, 1.82) is 0 Å². The highest BCUT2D eigenvalue weighted by atomic mass is 16.5. The molecule has 0 unspecified atom stereocenters. The monoisotopic (exact) mass is 325 g/mol. The Kier molecular flexibility index (Phi) is 4.18. The molecule has 2 aromatic heterocycles. The second-order valence-corrected chi connectivity index (χ2v) is 5.89. The number of ether oxygens (including phenoxy) is 2. The van der Waals surface area contributed by atoms with Gasteiger partial charge in [0.1, 0.15) is 11.5 Å². The van der Waals surface area contributed by atoms with Crippen molar-refractivity contribution in [2.75, 3.05) is 13.7 Å². The van der Waals surface area contributed by atoms with E-state index in [-0.39, 0.29) is 0 Å². The highest BCUT2D eigenvalue weighted by molar-refractivity contribution is 5.92. The first-order chi connectivity index (χ1) is 11.5. The summed E-state index contributed by atoms with van der Waals surface area (Å²) in [6.07, 6.45) is 0. The molecule has 0 aliphatic rings. The number of nitrogens with zero attached hydrogens (tertiary/aromatic N) is 3. The molecule has 1 aromatic carbocycles. The maximum Gasteiger partial charge on any atom is 0.146 e. The molecule has 0 N–H and O–H groups in total. The number of methoxy groups -OCH3 is 1. The predicted octanol–water partition coefficient (Wildman–Crippen LogP) is 4.06. The van der Waals surface area contributed by atoms with Crippen molar-refractivity contribution >= 4 is 10.8 Å². The van der Waals surface area contributed by atoms with E-state index in [0.717, 1.165) is 40.0 Å². The Hall–Kier alpha value is -2.56. The molecule has 0 saturated heterocycles. The first-order valence-electron chi connectivity index (χ1n) is 8.12. The maximum absolute atomic E-state index is 5.87. The van der Waals surface area contributed by atoms with Crippen LogP contribution in [-0.4, -0.2) is 28.5 Å². The van der Waals surface area contributed by atoms with Gasteiger partial charge in [0.05, 0.1) is 30.8 Å². The van der Waals surface area contributed by atoms with Crippen LogP contribution in [-0.2, 0) is 0 Å². The quantitative estimate of drug-likeness (QED) is 0.726. The van der Waals surface area contributed by atoms with E-state index < -0.39 is 0 Å². The van der Waals surface area contributed by atoms with Gasteiger partial charge in [-0.1, -0.05) is 0 Å². The summed E-state index contributed by atoms with van der Waals surface area (Å²) in [6, 6.07) is 5.92. The SMILES string of the molecule is CCOc1cc(OC)ccc1-n1c(C)c2c(C)nnc(C)c2c1C. The van der Waals surface area contributed by atoms with E-state index in [4.69, 9.17) is 9.47 Å². The lowest BCUT2D eigenvalue weighted by Gasteiger charge is -2.16. The summed E-state index contributed by atoms with van der Waals surface area (Å²) in [7, 11) is 1.66. The minimum atomic E-state index is 0.597. The molecule has 0 aliphatic carbocycles. The summed E-state index contributed by atoms with van der Waals surface area (Å²) < 4.78 is 13.4. The first kappa shape index (κ1) is 16.3. The van der Waals surface area contributed by atoms with Crippen molar-refractivity contribution in [2.24, 2.45) is 0 Å². The maximum atomic E-state index is 5.87. The molecular formula is C19H23N3O2. The lowest BCUT2D eigenvalue weighted by molar-refractivity contribution is 0.335. The average molecular weight is 325 g/mol. The lowest BCUT2D eigenvalue weighted by Crippen LogP contribution is -2.04. The Balaban J connectivity index is 2.35. The van der Waals surface area contributed by atoms with Gasteiger partial charge in [0.15, 0.2) is 0 Å². The summed E-state index contributed by atoms with van der Waals surface area (Å²) in [5.74, 6) is 1.59. The Morgan fingerprint density at radius 2 is 1.54 bits per heavy atom. The smallest absolute Gasteiger partial charge is 0.146 e. The van der Waals surface area contributed by atoms with Crippen molar-refractivity contribution in [3.05, 3.63) is 41.0 Å². The summed E-state index contributed by atoms with van der Waals surface area (Å²) in [5.41, 5.74) is 5.18. The molecule has 0 fully saturated rings. The molecule has 5 heteroatoms. The Morgan fingerprint density at radius 3 is 2.04 bits per heavy atom. The number of hydrogen-bond donors (Lipinski definition) is 0. The minimum absolute atomic E-state index is 0.597. The Bertz CT molecular complexity index is 868. The van der Waals surface area contributed by atoms with Crippen molar-refractivity contribution in [2.45, 2.75) is 34.6 Å². The van der Waals surface area contributed by atoms with Gasteiger partial charge >= 0.3 is 0 Å². The van der Waals surface area contributed by atoms with E-state index in [1.807, 2.05) is 39.0 Å². The largest absolute Gasteiger partial charge is 0.497 e. The summed E-state index contributed by atoms with van der Waals surface area (Å²) in [6.45, 7) is 10.8. The van der Waals surface area contributed by atoms with Gasteiger partial charge in [-0.2, -0.15) is 10.2 Å². The fourth-order valence-corrected chi connectivity index (χ4v) is 3.41. The highest BCUT2D eigenvalue weighted by Gasteiger charge is 2.20. The molecule has 0 amide bonds. The lowest BCUT2D eigenvalue weighted by atomic mass is 10.1. The summed E-state index contributed by atoms with van der Waals surface area (Å²) in [5, 5.41) is 10.9. The van der Waals surface area contributed by atoms with Gasteiger partial charge in [-0.05, 0) is 46.8 Å². The number of aromatic nitrogens is 3. The molecule has 0 radical (unpaired) electrons. The van der Waals surface area contributed by atoms with Crippen LogP contribution in [0, 0.1) is 27.7 Å². The van der Waals surface area contributed by atoms with Gasteiger partial charge in [0.2, 0.25) is 0 Å². The predicted molar refractivity (Wildman–Crippen MR) is 95.5 cm³/mol. The average Bonchev–Trinajstić information content (AvgIpc) is 2.84. The zero-order chi connectivity index (χ0) is 17.4. The van der Waals surface area contributed by atoms with Crippen molar-refractivity contribution in [3.8, 4) is 17.2 Å².